The normalized spacial score (nSPS) is 20.3. The predicted molar refractivity (Wildman–Crippen MR) is 163 cm³/mol. The van der Waals surface area contributed by atoms with Crippen LogP contribution in [0.5, 0.6) is 11.6 Å². The highest BCUT2D eigenvalue weighted by Crippen LogP contribution is 2.41. The van der Waals surface area contributed by atoms with Crippen LogP contribution in [0.4, 0.5) is 15.9 Å². The van der Waals surface area contributed by atoms with E-state index in [0.717, 1.165) is 36.3 Å². The van der Waals surface area contributed by atoms with Crippen molar-refractivity contribution in [2.45, 2.75) is 44.3 Å². The molecule has 2 atom stereocenters. The van der Waals surface area contributed by atoms with E-state index in [2.05, 4.69) is 40.2 Å². The highest BCUT2D eigenvalue weighted by Gasteiger charge is 2.32. The molecule has 0 bridgehead atoms. The molecule has 3 aliphatic rings. The Balaban J connectivity index is 1.44. The highest BCUT2D eigenvalue weighted by atomic mass is 19.1. The third kappa shape index (κ3) is 5.39. The molecule has 2 saturated heterocycles. The minimum Gasteiger partial charge on any atom is -0.508 e. The monoisotopic (exact) mass is 579 g/mol. The van der Waals surface area contributed by atoms with E-state index in [9.17, 15) is 20.0 Å². The molecule has 2 aromatic carbocycles. The lowest BCUT2D eigenvalue weighted by atomic mass is 9.93. The molecule has 2 N–H and O–H groups in total. The average molecular weight is 580 g/mol. The molecule has 3 aromatic rings. The first-order valence-electron chi connectivity index (χ1n) is 14.7. The number of piperazine rings is 1. The van der Waals surface area contributed by atoms with E-state index in [1.807, 2.05) is 4.90 Å². The van der Waals surface area contributed by atoms with Crippen LogP contribution in [0.25, 0.3) is 10.8 Å². The van der Waals surface area contributed by atoms with Gasteiger partial charge in [-0.3, -0.25) is 0 Å². The van der Waals surface area contributed by atoms with Gasteiger partial charge in [0.2, 0.25) is 5.88 Å². The maximum absolute atomic E-state index is 14.8. The quantitative estimate of drug-likeness (QED) is 0.423. The lowest BCUT2D eigenvalue weighted by molar-refractivity contribution is 0.192. The Hall–Kier alpha value is -4.56. The predicted octanol–water partition coefficient (Wildman–Crippen LogP) is 3.66. The zero-order valence-corrected chi connectivity index (χ0v) is 24.2. The van der Waals surface area contributed by atoms with Gasteiger partial charge in [-0.15, -0.1) is 6.42 Å². The van der Waals surface area contributed by atoms with Crippen LogP contribution in [0.15, 0.2) is 24.3 Å². The second-order valence-corrected chi connectivity index (χ2v) is 11.5. The van der Waals surface area contributed by atoms with Crippen LogP contribution >= 0.6 is 0 Å². The number of nitrogens with zero attached hydrogens (tertiary/aromatic N) is 6. The summed E-state index contributed by atoms with van der Waals surface area (Å²) in [5, 5.41) is 35.0. The van der Waals surface area contributed by atoms with Crippen molar-refractivity contribution in [2.24, 2.45) is 0 Å². The number of fused-ring (bicyclic) bond motifs is 2. The molecule has 9 nitrogen and oxygen atoms in total. The van der Waals surface area contributed by atoms with E-state index in [-0.39, 0.29) is 23.4 Å². The number of nitriles is 2. The van der Waals surface area contributed by atoms with Crippen LogP contribution in [0, 0.1) is 40.8 Å². The number of aromatic hydroxyl groups is 1. The van der Waals surface area contributed by atoms with Crippen molar-refractivity contribution in [2.75, 3.05) is 56.2 Å². The van der Waals surface area contributed by atoms with Crippen molar-refractivity contribution in [3.8, 4) is 36.1 Å². The zero-order valence-electron chi connectivity index (χ0n) is 24.2. The second kappa shape index (κ2) is 12.0. The standard InChI is InChI=1S/C33H34FN7O2/c1-3-25-29(34)7-6-21-15-24(42)16-30(31(21)25)40-13-9-26-28(19-40)27(17-36)33(43-20-23-5-4-12-39(23)2)38-32(26)41-14-11-37-22(18-41)8-10-35/h1,6-7,15-16,22-23,37,42H,4-5,8-9,11-14,18-20H2,2H3/t22-,23+/m1/s1. The minimum absolute atomic E-state index is 0.0131. The summed E-state index contributed by atoms with van der Waals surface area (Å²) < 4.78 is 21.2. The maximum atomic E-state index is 14.8. The van der Waals surface area contributed by atoms with Crippen molar-refractivity contribution in [3.63, 3.8) is 0 Å². The molecule has 4 heterocycles. The minimum atomic E-state index is -0.498. The number of terminal acetylenes is 1. The fourth-order valence-electron chi connectivity index (χ4n) is 6.70. The van der Waals surface area contributed by atoms with Gasteiger partial charge in [0.1, 0.15) is 35.6 Å². The van der Waals surface area contributed by atoms with E-state index in [1.165, 1.54) is 6.07 Å². The summed E-state index contributed by atoms with van der Waals surface area (Å²) >= 11 is 0. The molecule has 0 radical (unpaired) electrons. The molecule has 0 spiro atoms. The number of ether oxygens (including phenoxy) is 1. The van der Waals surface area contributed by atoms with Crippen LogP contribution in [0.2, 0.25) is 0 Å². The number of pyridine rings is 1. The Morgan fingerprint density at radius 1 is 1.16 bits per heavy atom. The number of likely N-dealkylation sites (tertiary alicyclic amines) is 1. The van der Waals surface area contributed by atoms with Crippen LogP contribution in [0.3, 0.4) is 0 Å². The molecule has 0 saturated carbocycles. The molecule has 2 fully saturated rings. The third-order valence-corrected chi connectivity index (χ3v) is 8.94. The molecule has 6 rings (SSSR count). The number of rotatable bonds is 6. The molecule has 3 aliphatic heterocycles. The van der Waals surface area contributed by atoms with Gasteiger partial charge in [-0.05, 0) is 50.4 Å². The van der Waals surface area contributed by atoms with Crippen LogP contribution in [0.1, 0.15) is 41.5 Å². The molecule has 0 aliphatic carbocycles. The molecule has 1 aromatic heterocycles. The van der Waals surface area contributed by atoms with Crippen LogP contribution in [-0.2, 0) is 13.0 Å². The highest BCUT2D eigenvalue weighted by molar-refractivity contribution is 6.00. The van der Waals surface area contributed by atoms with Crippen molar-refractivity contribution < 1.29 is 14.2 Å². The van der Waals surface area contributed by atoms with Crippen molar-refractivity contribution in [3.05, 3.63) is 52.3 Å². The topological polar surface area (TPSA) is 112 Å². The Morgan fingerprint density at radius 2 is 2.02 bits per heavy atom. The first-order valence-corrected chi connectivity index (χ1v) is 14.7. The molecule has 220 valence electrons. The van der Waals surface area contributed by atoms with Gasteiger partial charge < -0.3 is 29.9 Å². The molecular weight excluding hydrogens is 545 g/mol. The largest absolute Gasteiger partial charge is 0.508 e. The molecule has 10 heteroatoms. The number of aromatic nitrogens is 1. The summed E-state index contributed by atoms with van der Waals surface area (Å²) in [7, 11) is 2.08. The third-order valence-electron chi connectivity index (χ3n) is 8.94. The number of halogens is 1. The summed E-state index contributed by atoms with van der Waals surface area (Å²) in [6.07, 6.45) is 8.84. The Labute approximate surface area is 251 Å². The SMILES string of the molecule is C#Cc1c(F)ccc2cc(O)cc(N3CCc4c(N5CCN[C@H](CC#N)C5)nc(OC[C@@H]5CCCN5C)c(C#N)c4C3)c12. The number of hydrogen-bond acceptors (Lipinski definition) is 9. The first kappa shape index (κ1) is 28.6. The van der Waals surface area contributed by atoms with Gasteiger partial charge in [-0.2, -0.15) is 15.5 Å². The number of benzene rings is 2. The van der Waals surface area contributed by atoms with Gasteiger partial charge in [0.25, 0.3) is 0 Å². The lowest BCUT2D eigenvalue weighted by Crippen LogP contribution is -2.51. The smallest absolute Gasteiger partial charge is 0.234 e. The Bertz CT molecular complexity index is 1690. The van der Waals surface area contributed by atoms with Crippen LogP contribution in [-0.4, -0.2) is 73.5 Å². The molecule has 0 unspecified atom stereocenters. The number of hydrogen-bond donors (Lipinski definition) is 2. The molecular formula is C33H34FN7O2. The first-order chi connectivity index (χ1) is 20.9. The van der Waals surface area contributed by atoms with E-state index in [4.69, 9.17) is 16.1 Å². The second-order valence-electron chi connectivity index (χ2n) is 11.5. The summed E-state index contributed by atoms with van der Waals surface area (Å²) in [6.45, 7) is 4.37. The Kier molecular flexibility index (Phi) is 7.95. The summed E-state index contributed by atoms with van der Waals surface area (Å²) in [5.41, 5.74) is 2.92. The van der Waals surface area contributed by atoms with Crippen molar-refractivity contribution in [1.29, 1.82) is 10.5 Å². The molecule has 43 heavy (non-hydrogen) atoms. The van der Waals surface area contributed by atoms with Gasteiger partial charge in [-0.25, -0.2) is 4.39 Å². The van der Waals surface area contributed by atoms with Gasteiger partial charge in [0.05, 0.1) is 18.1 Å². The van der Waals surface area contributed by atoms with Gasteiger partial charge in [-0.1, -0.05) is 12.0 Å². The number of anilines is 2. The maximum Gasteiger partial charge on any atom is 0.234 e. The van der Waals surface area contributed by atoms with Crippen molar-refractivity contribution >= 4 is 22.3 Å². The average Bonchev–Trinajstić information content (AvgIpc) is 3.43. The zero-order chi connectivity index (χ0) is 30.1. The van der Waals surface area contributed by atoms with Gasteiger partial charge in [0, 0.05) is 73.1 Å². The number of phenols is 1. The van der Waals surface area contributed by atoms with E-state index in [1.54, 1.807) is 18.2 Å². The number of nitrogens with one attached hydrogen (secondary N) is 1. The van der Waals surface area contributed by atoms with Gasteiger partial charge >= 0.3 is 0 Å². The van der Waals surface area contributed by atoms with Crippen molar-refractivity contribution in [1.82, 2.24) is 15.2 Å². The van der Waals surface area contributed by atoms with Gasteiger partial charge in [0.15, 0.2) is 0 Å². The van der Waals surface area contributed by atoms with E-state index < -0.39 is 5.82 Å². The Morgan fingerprint density at radius 3 is 2.77 bits per heavy atom. The summed E-state index contributed by atoms with van der Waals surface area (Å²) in [6, 6.07) is 11.0. The fourth-order valence-corrected chi connectivity index (χ4v) is 6.70. The van der Waals surface area contributed by atoms with Crippen LogP contribution < -0.4 is 19.9 Å². The summed E-state index contributed by atoms with van der Waals surface area (Å²) in [4.78, 5) is 11.5. The number of likely N-dealkylation sites (N-methyl/N-ethyl adjacent to an activating group) is 1. The fraction of sp³-hybridized carbons (Fsp3) is 0.424. The molecule has 0 amide bonds. The van der Waals surface area contributed by atoms with E-state index in [0.29, 0.717) is 80.1 Å². The number of phenolic OH excluding ortho intramolecular Hbond substituents is 1. The summed E-state index contributed by atoms with van der Waals surface area (Å²) in [5.74, 6) is 3.14. The lowest BCUT2D eigenvalue weighted by Gasteiger charge is -2.38. The van der Waals surface area contributed by atoms with E-state index >= 15 is 0 Å².